The highest BCUT2D eigenvalue weighted by molar-refractivity contribution is 6.31. The lowest BCUT2D eigenvalue weighted by Gasteiger charge is -2.31. The molecule has 0 amide bonds. The molecule has 0 heterocycles. The van der Waals surface area contributed by atoms with E-state index in [2.05, 4.69) is 13.8 Å². The van der Waals surface area contributed by atoms with Gasteiger partial charge in [-0.15, -0.1) is 0 Å². The van der Waals surface area contributed by atoms with E-state index in [1.807, 2.05) is 4.90 Å². The fourth-order valence-electron chi connectivity index (χ4n) is 3.18. The Labute approximate surface area is 147 Å². The third-order valence-corrected chi connectivity index (χ3v) is 4.69. The Kier molecular flexibility index (Phi) is 6.37. The van der Waals surface area contributed by atoms with Crippen LogP contribution >= 0.6 is 11.6 Å². The second-order valence-corrected chi connectivity index (χ2v) is 6.44. The van der Waals surface area contributed by atoms with E-state index in [9.17, 15) is 14.9 Å². The number of halogens is 1. The minimum Gasteiger partial charge on any atom is -0.364 e. The molecule has 0 radical (unpaired) electrons. The topological polar surface area (TPSA) is 63.4 Å². The Morgan fingerprint density at radius 1 is 1.29 bits per heavy atom. The smallest absolute Gasteiger partial charge is 0.269 e. The zero-order chi connectivity index (χ0) is 17.7. The molecule has 1 aliphatic carbocycles. The molecular weight excluding hydrogens is 328 g/mol. The summed E-state index contributed by atoms with van der Waals surface area (Å²) in [6, 6.07) is 4.46. The summed E-state index contributed by atoms with van der Waals surface area (Å²) in [6.07, 6.45) is 4.16. The van der Waals surface area contributed by atoms with Crippen molar-refractivity contribution < 1.29 is 9.72 Å². The highest BCUT2D eigenvalue weighted by Crippen LogP contribution is 2.30. The molecule has 1 aromatic carbocycles. The van der Waals surface area contributed by atoms with E-state index in [-0.39, 0.29) is 11.5 Å². The van der Waals surface area contributed by atoms with Crippen LogP contribution in [0.4, 0.5) is 5.69 Å². The number of hydrogen-bond donors (Lipinski definition) is 0. The van der Waals surface area contributed by atoms with Gasteiger partial charge in [-0.3, -0.25) is 14.9 Å². The molecule has 1 aliphatic rings. The lowest BCUT2D eigenvalue weighted by molar-refractivity contribution is -0.384. The van der Waals surface area contributed by atoms with E-state index in [1.54, 1.807) is 6.07 Å². The largest absolute Gasteiger partial charge is 0.364 e. The number of nitro groups is 1. The number of allylic oxidation sites excluding steroid dienone is 2. The first-order valence-corrected chi connectivity index (χ1v) is 8.78. The molecule has 130 valence electrons. The van der Waals surface area contributed by atoms with Crippen LogP contribution in [0, 0.1) is 10.1 Å². The number of carbonyl (C=O) groups excluding carboxylic acids is 1. The molecule has 0 spiro atoms. The molecule has 0 aromatic heterocycles. The minimum atomic E-state index is -0.424. The van der Waals surface area contributed by atoms with Gasteiger partial charge in [0.2, 0.25) is 0 Å². The normalized spacial score (nSPS) is 14.9. The maximum absolute atomic E-state index is 12.5. The van der Waals surface area contributed by atoms with E-state index in [0.29, 0.717) is 23.6 Å². The van der Waals surface area contributed by atoms with Crippen molar-refractivity contribution in [2.24, 2.45) is 0 Å². The lowest BCUT2D eigenvalue weighted by Crippen LogP contribution is -2.31. The van der Waals surface area contributed by atoms with Crippen molar-refractivity contribution in [3.05, 3.63) is 50.2 Å². The summed E-state index contributed by atoms with van der Waals surface area (Å²) in [5, 5.41) is 11.5. The minimum absolute atomic E-state index is 0.0190. The Morgan fingerprint density at radius 3 is 2.67 bits per heavy atom. The molecule has 24 heavy (non-hydrogen) atoms. The number of rotatable bonds is 7. The van der Waals surface area contributed by atoms with Crippen molar-refractivity contribution in [3.8, 4) is 0 Å². The van der Waals surface area contributed by atoms with Gasteiger partial charge in [-0.2, -0.15) is 0 Å². The van der Waals surface area contributed by atoms with Gasteiger partial charge in [-0.05, 0) is 42.9 Å². The summed E-state index contributed by atoms with van der Waals surface area (Å²) in [7, 11) is 0. The van der Waals surface area contributed by atoms with Crippen LogP contribution in [0.2, 0.25) is 5.02 Å². The molecule has 0 saturated heterocycles. The molecule has 0 fully saturated rings. The Balaban J connectivity index is 2.38. The first-order chi connectivity index (χ1) is 11.5. The number of Topliss-reactive ketones (excluding diaryl/α,β-unsaturated/α-hetero) is 1. The van der Waals surface area contributed by atoms with Crippen LogP contribution in [0.15, 0.2) is 29.5 Å². The van der Waals surface area contributed by atoms with Gasteiger partial charge in [-0.25, -0.2) is 0 Å². The van der Waals surface area contributed by atoms with Crippen molar-refractivity contribution in [1.29, 1.82) is 0 Å². The van der Waals surface area contributed by atoms with Crippen LogP contribution < -0.4 is 0 Å². The van der Waals surface area contributed by atoms with Crippen LogP contribution in [0.3, 0.4) is 0 Å². The molecule has 0 aliphatic heterocycles. The zero-order valence-corrected chi connectivity index (χ0v) is 14.9. The van der Waals surface area contributed by atoms with E-state index in [4.69, 9.17) is 11.6 Å². The van der Waals surface area contributed by atoms with Gasteiger partial charge in [0.1, 0.15) is 0 Å². The monoisotopic (exact) mass is 350 g/mol. The summed E-state index contributed by atoms with van der Waals surface area (Å²) in [4.78, 5) is 25.1. The van der Waals surface area contributed by atoms with Crippen molar-refractivity contribution in [2.45, 2.75) is 52.5 Å². The Bertz CT molecular complexity index is 670. The summed E-state index contributed by atoms with van der Waals surface area (Å²) >= 11 is 6.24. The average molecular weight is 351 g/mol. The van der Waals surface area contributed by atoms with Gasteiger partial charge in [0.15, 0.2) is 5.78 Å². The number of nitrogens with zero attached hydrogens (tertiary/aromatic N) is 2. The number of nitro benzene ring substituents is 1. The van der Waals surface area contributed by atoms with E-state index >= 15 is 0 Å². The molecule has 0 unspecified atom stereocenters. The standard InChI is InChI=1S/C18H23ClN2O3/c1-3-10-20(18-13(4-2)6-5-7-17(18)22)12-14-11-15(21(23)24)8-9-16(14)19/h8-9,11H,3-7,10,12H2,1-2H3. The first kappa shape index (κ1) is 18.5. The molecule has 1 aromatic rings. The van der Waals surface area contributed by atoms with E-state index in [1.165, 1.54) is 17.7 Å². The number of non-ortho nitro benzene ring substituents is 1. The SMILES string of the molecule is CCCN(Cc1cc([N+](=O)[O-])ccc1Cl)C1=C(CC)CCCC1=O. The first-order valence-electron chi connectivity index (χ1n) is 8.40. The van der Waals surface area contributed by atoms with Crippen molar-refractivity contribution in [3.63, 3.8) is 0 Å². The van der Waals surface area contributed by atoms with Gasteiger partial charge < -0.3 is 4.90 Å². The fourth-order valence-corrected chi connectivity index (χ4v) is 3.36. The number of carbonyl (C=O) groups is 1. The summed E-state index contributed by atoms with van der Waals surface area (Å²) in [5.74, 6) is 0.174. The van der Waals surface area contributed by atoms with Gasteiger partial charge in [0.05, 0.1) is 10.6 Å². The Hall–Kier alpha value is -1.88. The highest BCUT2D eigenvalue weighted by Gasteiger charge is 2.25. The Morgan fingerprint density at radius 2 is 2.04 bits per heavy atom. The third-order valence-electron chi connectivity index (χ3n) is 4.32. The molecular formula is C18H23ClN2O3. The molecule has 0 N–H and O–H groups in total. The molecule has 0 atom stereocenters. The van der Waals surface area contributed by atoms with Crippen LogP contribution in [-0.2, 0) is 11.3 Å². The van der Waals surface area contributed by atoms with Crippen LogP contribution in [0.5, 0.6) is 0 Å². The zero-order valence-electron chi connectivity index (χ0n) is 14.2. The maximum Gasteiger partial charge on any atom is 0.269 e. The average Bonchev–Trinajstić information content (AvgIpc) is 2.55. The molecule has 5 nitrogen and oxygen atoms in total. The van der Waals surface area contributed by atoms with Crippen molar-refractivity contribution in [2.75, 3.05) is 6.54 Å². The predicted molar refractivity (Wildman–Crippen MR) is 95.0 cm³/mol. The molecule has 2 rings (SSSR count). The van der Waals surface area contributed by atoms with E-state index < -0.39 is 4.92 Å². The van der Waals surface area contributed by atoms with Gasteiger partial charge >= 0.3 is 0 Å². The van der Waals surface area contributed by atoms with Gasteiger partial charge in [0.25, 0.3) is 5.69 Å². The second kappa shape index (κ2) is 8.29. The van der Waals surface area contributed by atoms with Gasteiger partial charge in [0, 0.05) is 36.7 Å². The van der Waals surface area contributed by atoms with Gasteiger partial charge in [-0.1, -0.05) is 25.4 Å². The lowest BCUT2D eigenvalue weighted by atomic mass is 9.92. The summed E-state index contributed by atoms with van der Waals surface area (Å²) in [5.41, 5.74) is 2.68. The molecule has 0 bridgehead atoms. The number of hydrogen-bond acceptors (Lipinski definition) is 4. The summed E-state index contributed by atoms with van der Waals surface area (Å²) in [6.45, 7) is 5.27. The quantitative estimate of drug-likeness (QED) is 0.519. The number of ketones is 1. The fraction of sp³-hybridized carbons (Fsp3) is 0.500. The second-order valence-electron chi connectivity index (χ2n) is 6.04. The van der Waals surface area contributed by atoms with Crippen molar-refractivity contribution >= 4 is 23.1 Å². The highest BCUT2D eigenvalue weighted by atomic mass is 35.5. The van der Waals surface area contributed by atoms with Crippen LogP contribution in [-0.4, -0.2) is 22.2 Å². The maximum atomic E-state index is 12.5. The third kappa shape index (κ3) is 4.15. The predicted octanol–water partition coefficient (Wildman–Crippen LogP) is 4.88. The van der Waals surface area contributed by atoms with Crippen LogP contribution in [0.25, 0.3) is 0 Å². The number of benzene rings is 1. The van der Waals surface area contributed by atoms with Crippen molar-refractivity contribution in [1.82, 2.24) is 4.90 Å². The summed E-state index contributed by atoms with van der Waals surface area (Å²) < 4.78 is 0. The van der Waals surface area contributed by atoms with E-state index in [0.717, 1.165) is 37.9 Å². The van der Waals surface area contributed by atoms with Crippen LogP contribution in [0.1, 0.15) is 51.5 Å². The molecule has 0 saturated carbocycles. The molecule has 6 heteroatoms.